The molecule has 0 aromatic heterocycles. The van der Waals surface area contributed by atoms with E-state index >= 15 is 0 Å². The summed E-state index contributed by atoms with van der Waals surface area (Å²) >= 11 is 0. The van der Waals surface area contributed by atoms with E-state index in [2.05, 4.69) is 29.2 Å². The molecule has 3 atom stereocenters. The van der Waals surface area contributed by atoms with Crippen LogP contribution in [0, 0.1) is 12.8 Å². The van der Waals surface area contributed by atoms with Gasteiger partial charge in [-0.2, -0.15) is 0 Å². The van der Waals surface area contributed by atoms with E-state index in [0.717, 1.165) is 31.6 Å². The molecule has 0 spiro atoms. The van der Waals surface area contributed by atoms with Gasteiger partial charge in [-0.1, -0.05) is 60.2 Å². The van der Waals surface area contributed by atoms with Gasteiger partial charge in [0.2, 0.25) is 5.91 Å². The summed E-state index contributed by atoms with van der Waals surface area (Å²) in [4.78, 5) is 29.4. The number of aryl methyl sites for hydroxylation is 2. The van der Waals surface area contributed by atoms with Crippen LogP contribution in [-0.4, -0.2) is 63.7 Å². The SMILES string of the molecule is Cc1ccc(CCC[C@@H](C(=O)N2CCN(Cc3ccccc3)C[C@@H]2C)[C@H](O)C(=O)NO)cc1. The molecule has 0 saturated carbocycles. The van der Waals surface area contributed by atoms with Crippen LogP contribution in [0.25, 0.3) is 0 Å². The van der Waals surface area contributed by atoms with Crippen molar-refractivity contribution in [2.45, 2.75) is 51.8 Å². The Hall–Kier alpha value is -2.74. The molecule has 1 fully saturated rings. The van der Waals surface area contributed by atoms with Gasteiger partial charge in [0, 0.05) is 32.2 Å². The Morgan fingerprint density at radius 2 is 1.76 bits per heavy atom. The second-order valence-corrected chi connectivity index (χ2v) is 9.01. The highest BCUT2D eigenvalue weighted by molar-refractivity contribution is 5.88. The van der Waals surface area contributed by atoms with Crippen molar-refractivity contribution in [1.82, 2.24) is 15.3 Å². The minimum Gasteiger partial charge on any atom is -0.382 e. The van der Waals surface area contributed by atoms with Gasteiger partial charge >= 0.3 is 0 Å². The lowest BCUT2D eigenvalue weighted by atomic mass is 9.91. The van der Waals surface area contributed by atoms with Gasteiger partial charge in [-0.05, 0) is 44.2 Å². The standard InChI is InChI=1S/C26H35N3O4/c1-19-11-13-21(14-12-19)9-6-10-23(24(30)25(31)27-33)26(32)29-16-15-28(17-20(29)2)18-22-7-4-3-5-8-22/h3-5,7-8,11-14,20,23-24,30,33H,6,9-10,15-18H2,1-2H3,(H,27,31)/t20-,23+,24-/m0/s1. The second-order valence-electron chi connectivity index (χ2n) is 9.01. The third kappa shape index (κ3) is 6.87. The Morgan fingerprint density at radius 3 is 2.39 bits per heavy atom. The lowest BCUT2D eigenvalue weighted by Crippen LogP contribution is -2.57. The zero-order chi connectivity index (χ0) is 23.8. The molecule has 1 aliphatic heterocycles. The molecule has 0 radical (unpaired) electrons. The van der Waals surface area contributed by atoms with Crippen LogP contribution in [0.2, 0.25) is 0 Å². The van der Waals surface area contributed by atoms with Crippen molar-refractivity contribution in [3.63, 3.8) is 0 Å². The topological polar surface area (TPSA) is 93.1 Å². The van der Waals surface area contributed by atoms with Gasteiger partial charge < -0.3 is 10.0 Å². The largest absolute Gasteiger partial charge is 0.382 e. The van der Waals surface area contributed by atoms with E-state index in [1.165, 1.54) is 16.6 Å². The van der Waals surface area contributed by atoms with Gasteiger partial charge in [0.1, 0.15) is 6.10 Å². The number of amides is 2. The summed E-state index contributed by atoms with van der Waals surface area (Å²) in [5.74, 6) is -2.08. The molecule has 2 amide bonds. The molecule has 0 unspecified atom stereocenters. The summed E-state index contributed by atoms with van der Waals surface area (Å²) < 4.78 is 0. The summed E-state index contributed by atoms with van der Waals surface area (Å²) in [5.41, 5.74) is 5.06. The van der Waals surface area contributed by atoms with Gasteiger partial charge in [-0.3, -0.25) is 19.7 Å². The molecule has 1 aliphatic rings. The van der Waals surface area contributed by atoms with Crippen molar-refractivity contribution in [2.24, 2.45) is 5.92 Å². The van der Waals surface area contributed by atoms with E-state index in [1.807, 2.05) is 44.2 Å². The van der Waals surface area contributed by atoms with Gasteiger partial charge in [0.15, 0.2) is 0 Å². The maximum atomic E-state index is 13.4. The summed E-state index contributed by atoms with van der Waals surface area (Å²) in [6.45, 7) is 6.83. The highest BCUT2D eigenvalue weighted by atomic mass is 16.5. The minimum atomic E-state index is -1.59. The molecule has 33 heavy (non-hydrogen) atoms. The molecule has 7 heteroatoms. The van der Waals surface area contributed by atoms with E-state index in [0.29, 0.717) is 19.4 Å². The number of hydrogen-bond donors (Lipinski definition) is 3. The molecule has 2 aromatic rings. The zero-order valence-corrected chi connectivity index (χ0v) is 19.5. The van der Waals surface area contributed by atoms with Crippen molar-refractivity contribution in [1.29, 1.82) is 0 Å². The van der Waals surface area contributed by atoms with E-state index < -0.39 is 17.9 Å². The van der Waals surface area contributed by atoms with Crippen LogP contribution < -0.4 is 5.48 Å². The maximum Gasteiger partial charge on any atom is 0.272 e. The number of carbonyl (C=O) groups excluding carboxylic acids is 2. The molecule has 1 saturated heterocycles. The van der Waals surface area contributed by atoms with Gasteiger partial charge in [0.25, 0.3) is 5.91 Å². The molecule has 3 rings (SSSR count). The summed E-state index contributed by atoms with van der Waals surface area (Å²) in [5, 5.41) is 19.5. The van der Waals surface area contributed by atoms with Crippen LogP contribution in [0.4, 0.5) is 0 Å². The summed E-state index contributed by atoms with van der Waals surface area (Å²) in [6.07, 6.45) is 0.170. The third-order valence-corrected chi connectivity index (χ3v) is 6.42. The lowest BCUT2D eigenvalue weighted by molar-refractivity contribution is -0.153. The summed E-state index contributed by atoms with van der Waals surface area (Å²) in [7, 11) is 0. The van der Waals surface area contributed by atoms with Crippen molar-refractivity contribution in [2.75, 3.05) is 19.6 Å². The van der Waals surface area contributed by atoms with Crippen molar-refractivity contribution >= 4 is 11.8 Å². The second kappa shape index (κ2) is 11.9. The first-order valence-electron chi connectivity index (χ1n) is 11.6. The van der Waals surface area contributed by atoms with Crippen LogP contribution in [0.1, 0.15) is 36.5 Å². The molecule has 2 aromatic carbocycles. The number of aliphatic hydroxyl groups excluding tert-OH is 1. The van der Waals surface area contributed by atoms with Crippen molar-refractivity contribution in [3.05, 3.63) is 71.3 Å². The highest BCUT2D eigenvalue weighted by Crippen LogP contribution is 2.22. The number of carbonyl (C=O) groups is 2. The van der Waals surface area contributed by atoms with Crippen molar-refractivity contribution in [3.8, 4) is 0 Å². The van der Waals surface area contributed by atoms with E-state index in [1.54, 1.807) is 4.90 Å². The molecule has 0 aliphatic carbocycles. The first-order valence-corrected chi connectivity index (χ1v) is 11.6. The smallest absolute Gasteiger partial charge is 0.272 e. The minimum absolute atomic E-state index is 0.0426. The third-order valence-electron chi connectivity index (χ3n) is 6.42. The monoisotopic (exact) mass is 453 g/mol. The molecule has 7 nitrogen and oxygen atoms in total. The quantitative estimate of drug-likeness (QED) is 0.401. The Balaban J connectivity index is 1.62. The molecule has 1 heterocycles. The van der Waals surface area contributed by atoms with Crippen molar-refractivity contribution < 1.29 is 19.9 Å². The molecular weight excluding hydrogens is 418 g/mol. The van der Waals surface area contributed by atoms with Gasteiger partial charge in [-0.25, -0.2) is 5.48 Å². The number of benzene rings is 2. The van der Waals surface area contributed by atoms with Crippen LogP contribution >= 0.6 is 0 Å². The van der Waals surface area contributed by atoms with Gasteiger partial charge in [0.05, 0.1) is 5.92 Å². The number of nitrogens with zero attached hydrogens (tertiary/aromatic N) is 2. The highest BCUT2D eigenvalue weighted by Gasteiger charge is 2.37. The Morgan fingerprint density at radius 1 is 1.06 bits per heavy atom. The van der Waals surface area contributed by atoms with Crippen LogP contribution in [0.3, 0.4) is 0 Å². The molecule has 178 valence electrons. The molecule has 0 bridgehead atoms. The number of rotatable bonds is 9. The normalized spacial score (nSPS) is 18.5. The Labute approximate surface area is 196 Å². The average Bonchev–Trinajstić information content (AvgIpc) is 2.82. The van der Waals surface area contributed by atoms with Gasteiger partial charge in [-0.15, -0.1) is 0 Å². The maximum absolute atomic E-state index is 13.4. The van der Waals surface area contributed by atoms with Crippen LogP contribution in [-0.2, 0) is 22.6 Å². The molecular formula is C26H35N3O4. The van der Waals surface area contributed by atoms with E-state index in [-0.39, 0.29) is 11.9 Å². The zero-order valence-electron chi connectivity index (χ0n) is 19.5. The number of hydrogen-bond acceptors (Lipinski definition) is 5. The number of nitrogens with one attached hydrogen (secondary N) is 1. The fourth-order valence-electron chi connectivity index (χ4n) is 4.50. The van der Waals surface area contributed by atoms with Crippen LogP contribution in [0.5, 0.6) is 0 Å². The first kappa shape index (κ1) is 24.9. The number of piperazine rings is 1. The number of aliphatic hydroxyl groups is 1. The summed E-state index contributed by atoms with van der Waals surface area (Å²) in [6, 6.07) is 18.4. The Kier molecular flexibility index (Phi) is 9.00. The average molecular weight is 454 g/mol. The van der Waals surface area contributed by atoms with Crippen LogP contribution in [0.15, 0.2) is 54.6 Å². The Bertz CT molecular complexity index is 904. The first-order chi connectivity index (χ1) is 15.9. The predicted molar refractivity (Wildman–Crippen MR) is 126 cm³/mol. The fraction of sp³-hybridized carbons (Fsp3) is 0.462. The number of hydroxylamine groups is 1. The van der Waals surface area contributed by atoms with E-state index in [4.69, 9.17) is 5.21 Å². The fourth-order valence-corrected chi connectivity index (χ4v) is 4.50. The predicted octanol–water partition coefficient (Wildman–Crippen LogP) is 2.53. The van der Waals surface area contributed by atoms with E-state index in [9.17, 15) is 14.7 Å². The molecule has 3 N–H and O–H groups in total. The lowest BCUT2D eigenvalue weighted by Gasteiger charge is -2.41.